The van der Waals surface area contributed by atoms with Gasteiger partial charge in [0.25, 0.3) is 0 Å². The summed E-state index contributed by atoms with van der Waals surface area (Å²) in [5.41, 5.74) is 1.47. The Kier molecular flexibility index (Phi) is 4.83. The molecule has 0 aliphatic carbocycles. The van der Waals surface area contributed by atoms with E-state index in [0.29, 0.717) is 12.0 Å². The molecule has 2 aromatic rings. The van der Waals surface area contributed by atoms with Crippen LogP contribution in [0.1, 0.15) is 32.8 Å². The van der Waals surface area contributed by atoms with Gasteiger partial charge in [-0.25, -0.2) is 15.0 Å². The molecule has 1 N–H and O–H groups in total. The van der Waals surface area contributed by atoms with Crippen molar-refractivity contribution in [2.45, 2.75) is 33.7 Å². The Morgan fingerprint density at radius 2 is 2.25 bits per heavy atom. The molecule has 0 atom stereocenters. The molecule has 1 aliphatic rings. The number of nitrogens with one attached hydrogen (secondary N) is 1. The smallest absolute Gasteiger partial charge is 0.194 e. The Labute approximate surface area is 143 Å². The molecule has 0 saturated carbocycles. The van der Waals surface area contributed by atoms with E-state index in [1.807, 2.05) is 23.0 Å². The largest absolute Gasteiger partial charge is 0.357 e. The van der Waals surface area contributed by atoms with Gasteiger partial charge in [0.15, 0.2) is 5.96 Å². The van der Waals surface area contributed by atoms with Crippen LogP contribution >= 0.6 is 0 Å². The molecule has 6 heteroatoms. The van der Waals surface area contributed by atoms with Crippen LogP contribution in [-0.4, -0.2) is 45.0 Å². The normalized spacial score (nSPS) is 17.3. The average Bonchev–Trinajstić information content (AvgIpc) is 3.21. The van der Waals surface area contributed by atoms with Gasteiger partial charge in [0.2, 0.25) is 0 Å². The fraction of sp³-hybridized carbons (Fsp3) is 0.500. The molecule has 3 rings (SSSR count). The van der Waals surface area contributed by atoms with Gasteiger partial charge in [-0.15, -0.1) is 0 Å². The Morgan fingerprint density at radius 3 is 2.83 bits per heavy atom. The van der Waals surface area contributed by atoms with Gasteiger partial charge in [-0.1, -0.05) is 19.9 Å². The van der Waals surface area contributed by atoms with Crippen LogP contribution in [0.3, 0.4) is 0 Å². The van der Waals surface area contributed by atoms with Crippen molar-refractivity contribution >= 4 is 5.96 Å². The van der Waals surface area contributed by atoms with E-state index in [9.17, 15) is 0 Å². The monoisotopic (exact) mass is 326 g/mol. The van der Waals surface area contributed by atoms with Gasteiger partial charge in [-0.2, -0.15) is 0 Å². The van der Waals surface area contributed by atoms with E-state index in [0.717, 1.165) is 37.0 Å². The van der Waals surface area contributed by atoms with Crippen molar-refractivity contribution in [2.24, 2.45) is 10.4 Å². The van der Waals surface area contributed by atoms with Crippen LogP contribution in [0.15, 0.2) is 42.0 Å². The van der Waals surface area contributed by atoms with E-state index in [2.05, 4.69) is 47.0 Å². The summed E-state index contributed by atoms with van der Waals surface area (Å²) < 4.78 is 1.89. The van der Waals surface area contributed by atoms with E-state index in [1.54, 1.807) is 12.5 Å². The predicted molar refractivity (Wildman–Crippen MR) is 96.1 cm³/mol. The van der Waals surface area contributed by atoms with Crippen LogP contribution in [0.2, 0.25) is 0 Å². The summed E-state index contributed by atoms with van der Waals surface area (Å²) in [4.78, 5) is 15.7. The van der Waals surface area contributed by atoms with Crippen molar-refractivity contribution in [3.8, 4) is 5.82 Å². The number of imidazole rings is 1. The molecule has 0 amide bonds. The minimum absolute atomic E-state index is 0.365. The molecule has 0 aromatic carbocycles. The molecule has 0 unspecified atom stereocenters. The number of pyridine rings is 1. The molecule has 6 nitrogen and oxygen atoms in total. The summed E-state index contributed by atoms with van der Waals surface area (Å²) in [5.74, 6) is 1.87. The minimum atomic E-state index is 0.365. The third kappa shape index (κ3) is 3.93. The van der Waals surface area contributed by atoms with E-state index >= 15 is 0 Å². The maximum absolute atomic E-state index is 4.80. The first kappa shape index (κ1) is 16.5. The van der Waals surface area contributed by atoms with E-state index < -0.39 is 0 Å². The molecular weight excluding hydrogens is 300 g/mol. The van der Waals surface area contributed by atoms with Crippen molar-refractivity contribution < 1.29 is 0 Å². The van der Waals surface area contributed by atoms with E-state index in [4.69, 9.17) is 4.99 Å². The number of nitrogens with zero attached hydrogens (tertiary/aromatic N) is 5. The summed E-state index contributed by atoms with van der Waals surface area (Å²) in [6.45, 7) is 10.4. The number of aromatic nitrogens is 3. The summed E-state index contributed by atoms with van der Waals surface area (Å²) in [7, 11) is 0. The fourth-order valence-corrected chi connectivity index (χ4v) is 2.94. The summed E-state index contributed by atoms with van der Waals surface area (Å²) >= 11 is 0. The number of hydrogen-bond acceptors (Lipinski definition) is 3. The van der Waals surface area contributed by atoms with Crippen molar-refractivity contribution in [1.82, 2.24) is 24.8 Å². The Morgan fingerprint density at radius 1 is 1.38 bits per heavy atom. The number of aliphatic imine (C=N–C) groups is 1. The zero-order valence-electron chi connectivity index (χ0n) is 14.7. The summed E-state index contributed by atoms with van der Waals surface area (Å²) in [5, 5.41) is 3.41. The first-order valence-electron chi connectivity index (χ1n) is 8.54. The maximum atomic E-state index is 4.80. The molecule has 3 heterocycles. The minimum Gasteiger partial charge on any atom is -0.357 e. The zero-order valence-corrected chi connectivity index (χ0v) is 14.7. The lowest BCUT2D eigenvalue weighted by atomic mass is 9.93. The molecule has 0 spiro atoms. The molecule has 2 aromatic heterocycles. The predicted octanol–water partition coefficient (Wildman–Crippen LogP) is 2.46. The van der Waals surface area contributed by atoms with Crippen LogP contribution < -0.4 is 5.32 Å². The highest BCUT2D eigenvalue weighted by molar-refractivity contribution is 5.80. The lowest BCUT2D eigenvalue weighted by Crippen LogP contribution is -2.40. The molecule has 0 bridgehead atoms. The third-order valence-electron chi connectivity index (χ3n) is 4.30. The highest BCUT2D eigenvalue weighted by Crippen LogP contribution is 2.28. The number of hydrogen-bond donors (Lipinski definition) is 1. The molecular formula is C18H26N6. The van der Waals surface area contributed by atoms with E-state index in [1.165, 1.54) is 6.42 Å². The third-order valence-corrected chi connectivity index (χ3v) is 4.30. The Bertz CT molecular complexity index is 672. The van der Waals surface area contributed by atoms with Crippen LogP contribution in [0.25, 0.3) is 5.82 Å². The van der Waals surface area contributed by atoms with E-state index in [-0.39, 0.29) is 0 Å². The molecule has 1 fully saturated rings. The van der Waals surface area contributed by atoms with Gasteiger partial charge in [0.1, 0.15) is 12.1 Å². The summed E-state index contributed by atoms with van der Waals surface area (Å²) in [6.07, 6.45) is 8.48. The quantitative estimate of drug-likeness (QED) is 0.693. The molecule has 1 aliphatic heterocycles. The topological polar surface area (TPSA) is 58.3 Å². The molecule has 1 saturated heterocycles. The molecule has 0 radical (unpaired) electrons. The first-order valence-corrected chi connectivity index (χ1v) is 8.54. The standard InChI is InChI=1S/C18H26N6/c1-4-20-17(23-9-7-18(2,3)13-23)22-12-15-5-6-16(21-11-15)24-10-8-19-14-24/h5-6,8,10-11,14H,4,7,9,12-13H2,1-3H3,(H,20,22). The van der Waals surface area contributed by atoms with Gasteiger partial charge in [0, 0.05) is 38.2 Å². The van der Waals surface area contributed by atoms with Crippen LogP contribution in [0, 0.1) is 5.41 Å². The van der Waals surface area contributed by atoms with Crippen molar-refractivity contribution in [1.29, 1.82) is 0 Å². The Balaban J connectivity index is 1.68. The average molecular weight is 326 g/mol. The second-order valence-corrected chi connectivity index (χ2v) is 7.00. The van der Waals surface area contributed by atoms with Crippen LogP contribution in [0.4, 0.5) is 0 Å². The van der Waals surface area contributed by atoms with Gasteiger partial charge < -0.3 is 10.2 Å². The number of guanidine groups is 1. The van der Waals surface area contributed by atoms with Crippen molar-refractivity contribution in [3.05, 3.63) is 42.6 Å². The van der Waals surface area contributed by atoms with Gasteiger partial charge in [0.05, 0.1) is 6.54 Å². The number of rotatable bonds is 4. The molecule has 24 heavy (non-hydrogen) atoms. The van der Waals surface area contributed by atoms with Crippen molar-refractivity contribution in [2.75, 3.05) is 19.6 Å². The first-order chi connectivity index (χ1) is 11.6. The second kappa shape index (κ2) is 7.03. The highest BCUT2D eigenvalue weighted by Gasteiger charge is 2.30. The van der Waals surface area contributed by atoms with Gasteiger partial charge in [-0.05, 0) is 30.4 Å². The lowest BCUT2D eigenvalue weighted by Gasteiger charge is -2.23. The van der Waals surface area contributed by atoms with Crippen molar-refractivity contribution in [3.63, 3.8) is 0 Å². The SMILES string of the molecule is CCNC(=NCc1ccc(-n2ccnc2)nc1)N1CCC(C)(C)C1. The van der Waals surface area contributed by atoms with Gasteiger partial charge >= 0.3 is 0 Å². The lowest BCUT2D eigenvalue weighted by molar-refractivity contribution is 0.370. The van der Waals surface area contributed by atoms with Crippen LogP contribution in [-0.2, 0) is 6.54 Å². The highest BCUT2D eigenvalue weighted by atomic mass is 15.3. The zero-order chi connectivity index (χ0) is 17.0. The maximum Gasteiger partial charge on any atom is 0.194 e. The summed E-state index contributed by atoms with van der Waals surface area (Å²) in [6, 6.07) is 4.07. The van der Waals surface area contributed by atoms with Gasteiger partial charge in [-0.3, -0.25) is 4.57 Å². The fourth-order valence-electron chi connectivity index (χ4n) is 2.94. The number of likely N-dealkylation sites (tertiary alicyclic amines) is 1. The second-order valence-electron chi connectivity index (χ2n) is 7.00. The Hall–Kier alpha value is -2.37. The molecule has 128 valence electrons. The van der Waals surface area contributed by atoms with Crippen LogP contribution in [0.5, 0.6) is 0 Å².